The van der Waals surface area contributed by atoms with Gasteiger partial charge in [-0.1, -0.05) is 5.16 Å². The number of likely N-dealkylation sites (tertiary alicyclic amines) is 1. The van der Waals surface area contributed by atoms with Gasteiger partial charge in [-0.3, -0.25) is 4.90 Å². The minimum absolute atomic E-state index is 0.144. The van der Waals surface area contributed by atoms with Crippen molar-refractivity contribution in [3.8, 4) is 22.9 Å². The number of ether oxygens (including phenoxy) is 2. The van der Waals surface area contributed by atoms with E-state index in [-0.39, 0.29) is 19.4 Å². The second-order valence-electron chi connectivity index (χ2n) is 6.89. The van der Waals surface area contributed by atoms with Gasteiger partial charge < -0.3 is 28.6 Å². The number of aromatic nitrogens is 2. The number of rotatable bonds is 5. The highest BCUT2D eigenvalue weighted by Gasteiger charge is 2.36. The highest BCUT2D eigenvalue weighted by molar-refractivity contribution is 5.61. The summed E-state index contributed by atoms with van der Waals surface area (Å²) in [5, 5.41) is 23.4. The van der Waals surface area contributed by atoms with E-state index in [1.54, 1.807) is 6.07 Å². The van der Waals surface area contributed by atoms with Crippen molar-refractivity contribution in [1.82, 2.24) is 15.0 Å². The largest absolute Gasteiger partial charge is 0.462 e. The highest BCUT2D eigenvalue weighted by atomic mass is 16.7. The third-order valence-corrected chi connectivity index (χ3v) is 4.97. The molecule has 2 N–H and O–H groups in total. The van der Waals surface area contributed by atoms with Crippen LogP contribution in [0.1, 0.15) is 29.9 Å². The molecule has 3 aromatic rings. The molecule has 0 radical (unpaired) electrons. The molecule has 2 atom stereocenters. The second-order valence-corrected chi connectivity index (χ2v) is 6.89. The maximum absolute atomic E-state index is 10.2. The number of benzene rings is 1. The van der Waals surface area contributed by atoms with Crippen molar-refractivity contribution in [2.45, 2.75) is 31.7 Å². The Balaban J connectivity index is 1.37. The topological polar surface area (TPSA) is 114 Å². The summed E-state index contributed by atoms with van der Waals surface area (Å²) in [5.41, 5.74) is 0.767. The van der Waals surface area contributed by atoms with Gasteiger partial charge >= 0.3 is 0 Å². The van der Waals surface area contributed by atoms with Crippen LogP contribution < -0.4 is 9.47 Å². The molecule has 1 saturated heterocycles. The Labute approximate surface area is 160 Å². The lowest BCUT2D eigenvalue weighted by Crippen LogP contribution is -2.24. The third kappa shape index (κ3) is 3.13. The molecule has 0 bridgehead atoms. The van der Waals surface area contributed by atoms with E-state index in [1.165, 1.54) is 0 Å². The normalized spacial score (nSPS) is 21.5. The predicted molar refractivity (Wildman–Crippen MR) is 94.3 cm³/mol. The van der Waals surface area contributed by atoms with Gasteiger partial charge in [-0.25, -0.2) is 0 Å². The van der Waals surface area contributed by atoms with Crippen LogP contribution in [-0.2, 0) is 13.2 Å². The maximum Gasteiger partial charge on any atom is 0.244 e. The summed E-state index contributed by atoms with van der Waals surface area (Å²) in [4.78, 5) is 6.57. The van der Waals surface area contributed by atoms with E-state index in [0.717, 1.165) is 5.56 Å². The zero-order valence-corrected chi connectivity index (χ0v) is 14.9. The van der Waals surface area contributed by atoms with Gasteiger partial charge in [-0.15, -0.1) is 0 Å². The van der Waals surface area contributed by atoms with Gasteiger partial charge in [0.05, 0.1) is 18.7 Å². The van der Waals surface area contributed by atoms with Crippen LogP contribution in [0.5, 0.6) is 11.5 Å². The first kappa shape index (κ1) is 17.2. The molecule has 0 aliphatic carbocycles. The van der Waals surface area contributed by atoms with E-state index in [4.69, 9.17) is 23.5 Å². The monoisotopic (exact) mass is 385 g/mol. The molecule has 0 saturated carbocycles. The maximum atomic E-state index is 10.2. The van der Waals surface area contributed by atoms with E-state index in [0.29, 0.717) is 54.2 Å². The number of aliphatic hydroxyl groups is 2. The van der Waals surface area contributed by atoms with Crippen LogP contribution in [0.15, 0.2) is 39.3 Å². The van der Waals surface area contributed by atoms with Crippen LogP contribution in [0.4, 0.5) is 0 Å². The van der Waals surface area contributed by atoms with Gasteiger partial charge in [0, 0.05) is 12.1 Å². The van der Waals surface area contributed by atoms with Crippen LogP contribution in [0, 0.1) is 0 Å². The van der Waals surface area contributed by atoms with Crippen molar-refractivity contribution >= 4 is 0 Å². The zero-order valence-electron chi connectivity index (χ0n) is 14.9. The lowest BCUT2D eigenvalue weighted by Gasteiger charge is -2.19. The fourth-order valence-corrected chi connectivity index (χ4v) is 3.63. The van der Waals surface area contributed by atoms with E-state index >= 15 is 0 Å². The summed E-state index contributed by atoms with van der Waals surface area (Å²) in [6.45, 7) is 1.01. The summed E-state index contributed by atoms with van der Waals surface area (Å²) < 4.78 is 21.8. The van der Waals surface area contributed by atoms with Gasteiger partial charge in [0.25, 0.3) is 0 Å². The molecular formula is C19H19N3O6. The standard InChI is InChI=1S/C19H19N3O6/c23-9-14-3-2-13(27-14)8-22-7-12(24)6-15(22)19-20-18(21-28-19)11-1-4-16-17(5-11)26-10-25-16/h1-5,12,15,23-24H,6-10H2. The molecule has 2 aliphatic heterocycles. The molecule has 4 heterocycles. The van der Waals surface area contributed by atoms with Crippen molar-refractivity contribution in [2.75, 3.05) is 13.3 Å². The fourth-order valence-electron chi connectivity index (χ4n) is 3.63. The molecule has 2 aliphatic rings. The molecule has 9 nitrogen and oxygen atoms in total. The number of fused-ring (bicyclic) bond motifs is 1. The number of hydrogen-bond acceptors (Lipinski definition) is 9. The molecular weight excluding hydrogens is 366 g/mol. The Morgan fingerprint density at radius 1 is 1.11 bits per heavy atom. The summed E-state index contributed by atoms with van der Waals surface area (Å²) >= 11 is 0. The van der Waals surface area contributed by atoms with Crippen molar-refractivity contribution in [3.63, 3.8) is 0 Å². The Hall–Kier alpha value is -2.88. The predicted octanol–water partition coefficient (Wildman–Crippen LogP) is 1.86. The molecule has 28 heavy (non-hydrogen) atoms. The first-order valence-corrected chi connectivity index (χ1v) is 9.04. The molecule has 1 aromatic carbocycles. The second kappa shape index (κ2) is 6.93. The quantitative estimate of drug-likeness (QED) is 0.679. The average Bonchev–Trinajstić information content (AvgIpc) is 3.48. The lowest BCUT2D eigenvalue weighted by atomic mass is 10.2. The first-order valence-electron chi connectivity index (χ1n) is 9.04. The number of nitrogens with zero attached hydrogens (tertiary/aromatic N) is 3. The number of furan rings is 1. The molecule has 0 amide bonds. The molecule has 2 aromatic heterocycles. The smallest absolute Gasteiger partial charge is 0.244 e. The van der Waals surface area contributed by atoms with Crippen molar-refractivity contribution < 1.29 is 28.6 Å². The highest BCUT2D eigenvalue weighted by Crippen LogP contribution is 2.37. The minimum Gasteiger partial charge on any atom is -0.462 e. The molecule has 0 spiro atoms. The lowest BCUT2D eigenvalue weighted by molar-refractivity contribution is 0.160. The summed E-state index contributed by atoms with van der Waals surface area (Å²) in [5.74, 6) is 3.46. The van der Waals surface area contributed by atoms with Crippen LogP contribution in [0.25, 0.3) is 11.4 Å². The molecule has 2 unspecified atom stereocenters. The number of hydrogen-bond donors (Lipinski definition) is 2. The molecule has 5 rings (SSSR count). The van der Waals surface area contributed by atoms with E-state index in [9.17, 15) is 5.11 Å². The minimum atomic E-state index is -0.488. The average molecular weight is 385 g/mol. The summed E-state index contributed by atoms with van der Waals surface area (Å²) in [7, 11) is 0. The van der Waals surface area contributed by atoms with Crippen LogP contribution in [0.2, 0.25) is 0 Å². The zero-order chi connectivity index (χ0) is 19.1. The van der Waals surface area contributed by atoms with Gasteiger partial charge in [0.15, 0.2) is 11.5 Å². The van der Waals surface area contributed by atoms with Gasteiger partial charge in [-0.2, -0.15) is 4.98 Å². The molecule has 1 fully saturated rings. The molecule has 146 valence electrons. The number of β-amino-alcohol motifs (C(OH)–C–C–N with tert-alkyl or cyclic N) is 1. The van der Waals surface area contributed by atoms with Crippen molar-refractivity contribution in [2.24, 2.45) is 0 Å². The fraction of sp³-hybridized carbons (Fsp3) is 0.368. The van der Waals surface area contributed by atoms with E-state index in [2.05, 4.69) is 10.1 Å². The van der Waals surface area contributed by atoms with Crippen molar-refractivity contribution in [1.29, 1.82) is 0 Å². The van der Waals surface area contributed by atoms with Crippen LogP contribution in [0.3, 0.4) is 0 Å². The van der Waals surface area contributed by atoms with Crippen LogP contribution >= 0.6 is 0 Å². The SMILES string of the molecule is OCc1ccc(CN2CC(O)CC2c2nc(-c3ccc4c(c3)OCO4)no2)o1. The van der Waals surface area contributed by atoms with Gasteiger partial charge in [0.2, 0.25) is 18.5 Å². The summed E-state index contributed by atoms with van der Waals surface area (Å²) in [6, 6.07) is 8.82. The van der Waals surface area contributed by atoms with Crippen LogP contribution in [-0.4, -0.2) is 44.7 Å². The third-order valence-electron chi connectivity index (χ3n) is 4.97. The Morgan fingerprint density at radius 3 is 2.82 bits per heavy atom. The Bertz CT molecular complexity index is 984. The van der Waals surface area contributed by atoms with Gasteiger partial charge in [0.1, 0.15) is 18.1 Å². The Kier molecular flexibility index (Phi) is 4.27. The van der Waals surface area contributed by atoms with Gasteiger partial charge in [-0.05, 0) is 36.8 Å². The van der Waals surface area contributed by atoms with Crippen molar-refractivity contribution in [3.05, 3.63) is 47.7 Å². The van der Waals surface area contributed by atoms with E-state index < -0.39 is 6.10 Å². The molecule has 9 heteroatoms. The number of aliphatic hydroxyl groups excluding tert-OH is 2. The Morgan fingerprint density at radius 2 is 1.96 bits per heavy atom. The van der Waals surface area contributed by atoms with E-state index in [1.807, 2.05) is 29.2 Å². The first-order chi connectivity index (χ1) is 13.7. The summed E-state index contributed by atoms with van der Waals surface area (Å²) in [6.07, 6.45) is 0.00856.